The van der Waals surface area contributed by atoms with Crippen LogP contribution in [0, 0.1) is 0 Å². The highest BCUT2D eigenvalue weighted by Crippen LogP contribution is 2.02. The number of nitrogens with one attached hydrogen (secondary N) is 1. The van der Waals surface area contributed by atoms with E-state index in [1.165, 1.54) is 0 Å². The second-order valence-corrected chi connectivity index (χ2v) is 2.83. The monoisotopic (exact) mass is 215 g/mol. The highest BCUT2D eigenvalue weighted by Gasteiger charge is 2.17. The van der Waals surface area contributed by atoms with Crippen LogP contribution in [-0.4, -0.2) is 31.3 Å². The van der Waals surface area contributed by atoms with Crippen molar-refractivity contribution in [3.63, 3.8) is 0 Å². The summed E-state index contributed by atoms with van der Waals surface area (Å²) in [5.74, 6) is -0.512. The Morgan fingerprint density at radius 3 is 2.27 bits per heavy atom. The minimum atomic E-state index is -0.574. The fourth-order valence-electron chi connectivity index (χ4n) is 0.837. The summed E-state index contributed by atoms with van der Waals surface area (Å²) in [6.07, 6.45) is -0.574. The Morgan fingerprint density at radius 2 is 1.80 bits per heavy atom. The lowest BCUT2D eigenvalue weighted by Crippen LogP contribution is -2.36. The zero-order chi connectivity index (χ0) is 11.8. The van der Waals surface area contributed by atoms with Crippen LogP contribution in [0.15, 0.2) is 12.2 Å². The molecule has 5 heteroatoms. The first-order valence-electron chi connectivity index (χ1n) is 4.82. The van der Waals surface area contributed by atoms with E-state index in [-0.39, 0.29) is 18.8 Å². The Labute approximate surface area is 89.4 Å². The molecule has 0 aliphatic rings. The highest BCUT2D eigenvalue weighted by molar-refractivity contribution is 5.89. The Hall–Kier alpha value is -1.52. The van der Waals surface area contributed by atoms with E-state index in [0.717, 1.165) is 0 Å². The molecule has 5 nitrogen and oxygen atoms in total. The lowest BCUT2D eigenvalue weighted by atomic mass is 10.1. The van der Waals surface area contributed by atoms with Crippen LogP contribution in [0.5, 0.6) is 0 Å². The van der Waals surface area contributed by atoms with Crippen molar-refractivity contribution in [1.29, 1.82) is 0 Å². The maximum atomic E-state index is 11.2. The van der Waals surface area contributed by atoms with Crippen LogP contribution in [0.25, 0.3) is 0 Å². The third kappa shape index (κ3) is 5.05. The molecular formula is C10H17NO4. The highest BCUT2D eigenvalue weighted by atomic mass is 16.5. The second kappa shape index (κ2) is 6.86. The standard InChI is InChI=1S/C10H17NO4/c1-5-14-9(12)7(3)8(4)11-10(13)15-6-2/h8H,3,5-6H2,1-2,4H3,(H,11,13). The number of hydrogen-bond donors (Lipinski definition) is 1. The predicted molar refractivity (Wildman–Crippen MR) is 55.4 cm³/mol. The number of amides is 1. The summed E-state index contributed by atoms with van der Waals surface area (Å²) >= 11 is 0. The number of alkyl carbamates (subject to hydrolysis) is 1. The van der Waals surface area contributed by atoms with Crippen molar-refractivity contribution < 1.29 is 19.1 Å². The maximum absolute atomic E-state index is 11.2. The van der Waals surface area contributed by atoms with Crippen molar-refractivity contribution in [2.45, 2.75) is 26.8 Å². The summed E-state index contributed by atoms with van der Waals surface area (Å²) in [4.78, 5) is 22.2. The summed E-state index contributed by atoms with van der Waals surface area (Å²) in [7, 11) is 0. The van der Waals surface area contributed by atoms with Gasteiger partial charge in [-0.2, -0.15) is 0 Å². The van der Waals surface area contributed by atoms with E-state index in [1.807, 2.05) is 0 Å². The van der Waals surface area contributed by atoms with Gasteiger partial charge in [-0.25, -0.2) is 9.59 Å². The van der Waals surface area contributed by atoms with E-state index in [1.54, 1.807) is 20.8 Å². The molecule has 1 unspecified atom stereocenters. The van der Waals surface area contributed by atoms with E-state index >= 15 is 0 Å². The van der Waals surface area contributed by atoms with Crippen LogP contribution in [0.2, 0.25) is 0 Å². The molecule has 0 aromatic carbocycles. The number of carbonyl (C=O) groups excluding carboxylic acids is 2. The minimum absolute atomic E-state index is 0.199. The van der Waals surface area contributed by atoms with E-state index in [4.69, 9.17) is 4.74 Å². The van der Waals surface area contributed by atoms with Crippen LogP contribution in [0.1, 0.15) is 20.8 Å². The number of hydrogen-bond acceptors (Lipinski definition) is 4. The number of carbonyl (C=O) groups is 2. The molecule has 0 saturated carbocycles. The molecule has 0 spiro atoms. The lowest BCUT2D eigenvalue weighted by molar-refractivity contribution is -0.138. The fraction of sp³-hybridized carbons (Fsp3) is 0.600. The first-order valence-corrected chi connectivity index (χ1v) is 4.82. The third-order valence-corrected chi connectivity index (χ3v) is 1.67. The van der Waals surface area contributed by atoms with E-state index < -0.39 is 18.1 Å². The average Bonchev–Trinajstić information content (AvgIpc) is 2.17. The molecule has 0 aliphatic carbocycles. The van der Waals surface area contributed by atoms with Crippen LogP contribution >= 0.6 is 0 Å². The van der Waals surface area contributed by atoms with Crippen LogP contribution in [-0.2, 0) is 14.3 Å². The van der Waals surface area contributed by atoms with Crippen molar-refractivity contribution >= 4 is 12.1 Å². The molecule has 0 rings (SSSR count). The van der Waals surface area contributed by atoms with Crippen molar-refractivity contribution in [2.24, 2.45) is 0 Å². The molecule has 1 N–H and O–H groups in total. The Morgan fingerprint density at radius 1 is 1.27 bits per heavy atom. The molecule has 0 radical (unpaired) electrons. The van der Waals surface area contributed by atoms with Gasteiger partial charge in [-0.05, 0) is 20.8 Å². The Kier molecular flexibility index (Phi) is 6.17. The smallest absolute Gasteiger partial charge is 0.407 e. The lowest BCUT2D eigenvalue weighted by Gasteiger charge is -2.14. The molecule has 0 bridgehead atoms. The molecule has 0 saturated heterocycles. The van der Waals surface area contributed by atoms with Gasteiger partial charge < -0.3 is 14.8 Å². The second-order valence-electron chi connectivity index (χ2n) is 2.83. The number of rotatable bonds is 5. The number of ether oxygens (including phenoxy) is 2. The molecule has 1 amide bonds. The van der Waals surface area contributed by atoms with Crippen molar-refractivity contribution in [3.8, 4) is 0 Å². The van der Waals surface area contributed by atoms with Gasteiger partial charge in [0.25, 0.3) is 0 Å². The molecule has 15 heavy (non-hydrogen) atoms. The zero-order valence-corrected chi connectivity index (χ0v) is 9.33. The van der Waals surface area contributed by atoms with Gasteiger partial charge in [0.2, 0.25) is 0 Å². The maximum Gasteiger partial charge on any atom is 0.407 e. The summed E-state index contributed by atoms with van der Waals surface area (Å²) in [5, 5.41) is 2.46. The van der Waals surface area contributed by atoms with Crippen molar-refractivity contribution in [3.05, 3.63) is 12.2 Å². The van der Waals surface area contributed by atoms with Crippen LogP contribution < -0.4 is 5.32 Å². The van der Waals surface area contributed by atoms with E-state index in [9.17, 15) is 9.59 Å². The van der Waals surface area contributed by atoms with Gasteiger partial charge in [0.15, 0.2) is 0 Å². The number of esters is 1. The Bertz CT molecular complexity index is 250. The molecule has 0 aromatic rings. The Balaban J connectivity index is 4.09. The molecule has 0 aliphatic heterocycles. The van der Waals surface area contributed by atoms with Crippen LogP contribution in [0.3, 0.4) is 0 Å². The summed E-state index contributed by atoms with van der Waals surface area (Å²) < 4.78 is 9.39. The van der Waals surface area contributed by atoms with Crippen molar-refractivity contribution in [1.82, 2.24) is 5.32 Å². The van der Waals surface area contributed by atoms with Gasteiger partial charge >= 0.3 is 12.1 Å². The van der Waals surface area contributed by atoms with Gasteiger partial charge in [-0.15, -0.1) is 0 Å². The molecule has 0 aromatic heterocycles. The van der Waals surface area contributed by atoms with Gasteiger partial charge in [0.1, 0.15) is 0 Å². The molecular weight excluding hydrogens is 198 g/mol. The average molecular weight is 215 g/mol. The summed E-state index contributed by atoms with van der Waals surface area (Å²) in [5.41, 5.74) is 0.199. The zero-order valence-electron chi connectivity index (χ0n) is 9.33. The minimum Gasteiger partial charge on any atom is -0.463 e. The molecule has 0 fully saturated rings. The third-order valence-electron chi connectivity index (χ3n) is 1.67. The van der Waals surface area contributed by atoms with E-state index in [2.05, 4.69) is 16.6 Å². The molecule has 86 valence electrons. The molecule has 0 heterocycles. The largest absolute Gasteiger partial charge is 0.463 e. The SMILES string of the molecule is C=C(C(=O)OCC)C(C)NC(=O)OCC. The van der Waals surface area contributed by atoms with Crippen LogP contribution in [0.4, 0.5) is 4.79 Å². The molecule has 1 atom stereocenters. The topological polar surface area (TPSA) is 64.6 Å². The quantitative estimate of drug-likeness (QED) is 0.553. The first kappa shape index (κ1) is 13.5. The van der Waals surface area contributed by atoms with Gasteiger partial charge in [-0.3, -0.25) is 0 Å². The normalized spacial score (nSPS) is 11.4. The predicted octanol–water partition coefficient (Wildman–Crippen LogP) is 1.24. The van der Waals surface area contributed by atoms with Gasteiger partial charge in [0, 0.05) is 0 Å². The first-order chi connectivity index (χ1) is 7.02. The summed E-state index contributed by atoms with van der Waals surface area (Å²) in [6.45, 7) is 9.14. The van der Waals surface area contributed by atoms with Crippen molar-refractivity contribution in [2.75, 3.05) is 13.2 Å². The van der Waals surface area contributed by atoms with Gasteiger partial charge in [-0.1, -0.05) is 6.58 Å². The van der Waals surface area contributed by atoms with Gasteiger partial charge in [0.05, 0.1) is 24.8 Å². The van der Waals surface area contributed by atoms with E-state index in [0.29, 0.717) is 0 Å². The summed E-state index contributed by atoms with van der Waals surface area (Å²) in [6, 6.07) is -0.497. The fourth-order valence-corrected chi connectivity index (χ4v) is 0.837.